The lowest BCUT2D eigenvalue weighted by Crippen LogP contribution is -2.35. The Morgan fingerprint density at radius 2 is 2.07 bits per heavy atom. The maximum Gasteiger partial charge on any atom is 0.237 e. The Hall–Kier alpha value is -3.34. The fourth-order valence-electron chi connectivity index (χ4n) is 2.54. The molecule has 3 aromatic rings. The number of carbonyl (C=O) groups excluding carboxylic acids is 2. The second-order valence-corrected chi connectivity index (χ2v) is 6.89. The smallest absolute Gasteiger partial charge is 0.237 e. The van der Waals surface area contributed by atoms with Gasteiger partial charge in [0.1, 0.15) is 18.1 Å². The standard InChI is InChI=1S/C18H20N6O4S/c1-27-14-6-4-13(5-7-14)23(9-8-16(19)25)17(26)12-29-18-20-21-22-24(18)11-15-3-2-10-28-15/h2-7,10H,8-9,11-12H2,1H3,(H2,19,25). The number of carbonyl (C=O) groups is 2. The molecular formula is C18H20N6O4S. The van der Waals surface area contributed by atoms with Gasteiger partial charge in [-0.2, -0.15) is 0 Å². The van der Waals surface area contributed by atoms with E-state index >= 15 is 0 Å². The molecule has 0 spiro atoms. The van der Waals surface area contributed by atoms with E-state index in [0.717, 1.165) is 0 Å². The van der Waals surface area contributed by atoms with Gasteiger partial charge < -0.3 is 19.8 Å². The molecule has 10 nitrogen and oxygen atoms in total. The maximum atomic E-state index is 12.9. The molecule has 0 fully saturated rings. The summed E-state index contributed by atoms with van der Waals surface area (Å²) >= 11 is 1.20. The number of nitrogens with zero attached hydrogens (tertiary/aromatic N) is 5. The minimum absolute atomic E-state index is 0.0542. The van der Waals surface area contributed by atoms with Crippen LogP contribution in [0, 0.1) is 0 Å². The number of primary amides is 1. The quantitative estimate of drug-likeness (QED) is 0.490. The first-order chi connectivity index (χ1) is 14.1. The molecule has 3 rings (SSSR count). The molecule has 0 bridgehead atoms. The van der Waals surface area contributed by atoms with Crippen molar-refractivity contribution in [3.8, 4) is 5.75 Å². The number of hydrogen-bond donors (Lipinski definition) is 1. The van der Waals surface area contributed by atoms with E-state index in [1.54, 1.807) is 48.4 Å². The normalized spacial score (nSPS) is 10.7. The minimum Gasteiger partial charge on any atom is -0.497 e. The lowest BCUT2D eigenvalue weighted by atomic mass is 10.2. The topological polar surface area (TPSA) is 129 Å². The van der Waals surface area contributed by atoms with Crippen molar-refractivity contribution < 1.29 is 18.7 Å². The Labute approximate surface area is 171 Å². The van der Waals surface area contributed by atoms with Gasteiger partial charge in [0.05, 0.1) is 19.1 Å². The highest BCUT2D eigenvalue weighted by molar-refractivity contribution is 7.99. The van der Waals surface area contributed by atoms with Crippen molar-refractivity contribution in [1.82, 2.24) is 20.2 Å². The van der Waals surface area contributed by atoms with E-state index in [2.05, 4.69) is 15.5 Å². The van der Waals surface area contributed by atoms with Crippen LogP contribution in [-0.4, -0.2) is 51.4 Å². The monoisotopic (exact) mass is 416 g/mol. The van der Waals surface area contributed by atoms with E-state index < -0.39 is 5.91 Å². The highest BCUT2D eigenvalue weighted by atomic mass is 32.2. The first-order valence-electron chi connectivity index (χ1n) is 8.71. The van der Waals surface area contributed by atoms with Crippen molar-refractivity contribution in [2.75, 3.05) is 24.3 Å². The average Bonchev–Trinajstić information content (AvgIpc) is 3.39. The molecule has 0 aliphatic rings. The summed E-state index contributed by atoms with van der Waals surface area (Å²) in [7, 11) is 1.56. The summed E-state index contributed by atoms with van der Waals surface area (Å²) in [5.74, 6) is 0.776. The van der Waals surface area contributed by atoms with Crippen molar-refractivity contribution in [1.29, 1.82) is 0 Å². The van der Waals surface area contributed by atoms with Crippen LogP contribution in [0.1, 0.15) is 12.2 Å². The number of anilines is 1. The number of tetrazole rings is 1. The molecule has 0 saturated carbocycles. The summed E-state index contributed by atoms with van der Waals surface area (Å²) in [5.41, 5.74) is 5.91. The molecule has 2 amide bonds. The zero-order valence-electron chi connectivity index (χ0n) is 15.7. The summed E-state index contributed by atoms with van der Waals surface area (Å²) < 4.78 is 12.0. The number of ether oxygens (including phenoxy) is 1. The van der Waals surface area contributed by atoms with Gasteiger partial charge in [-0.3, -0.25) is 9.59 Å². The van der Waals surface area contributed by atoms with Gasteiger partial charge in [0.25, 0.3) is 0 Å². The largest absolute Gasteiger partial charge is 0.497 e. The van der Waals surface area contributed by atoms with Gasteiger partial charge in [-0.1, -0.05) is 11.8 Å². The van der Waals surface area contributed by atoms with Crippen molar-refractivity contribution in [3.63, 3.8) is 0 Å². The molecular weight excluding hydrogens is 396 g/mol. The minimum atomic E-state index is -0.480. The van der Waals surface area contributed by atoms with Crippen molar-refractivity contribution in [3.05, 3.63) is 48.4 Å². The summed E-state index contributed by atoms with van der Waals surface area (Å²) in [4.78, 5) is 25.6. The SMILES string of the molecule is COc1ccc(N(CCC(N)=O)C(=O)CSc2nnnn2Cc2ccco2)cc1. The predicted molar refractivity (Wildman–Crippen MR) is 106 cm³/mol. The third-order valence-corrected chi connectivity index (χ3v) is 4.92. The molecule has 2 heterocycles. The summed E-state index contributed by atoms with van der Waals surface area (Å²) in [6, 6.07) is 10.6. The van der Waals surface area contributed by atoms with Crippen LogP contribution in [0.5, 0.6) is 5.75 Å². The predicted octanol–water partition coefficient (Wildman–Crippen LogP) is 1.32. The number of aromatic nitrogens is 4. The highest BCUT2D eigenvalue weighted by Crippen LogP contribution is 2.22. The molecule has 11 heteroatoms. The van der Waals surface area contributed by atoms with Gasteiger partial charge in [0.2, 0.25) is 17.0 Å². The van der Waals surface area contributed by atoms with Crippen LogP contribution in [0.2, 0.25) is 0 Å². The Balaban J connectivity index is 1.68. The molecule has 1 aromatic carbocycles. The lowest BCUT2D eigenvalue weighted by molar-refractivity contribution is -0.118. The summed E-state index contributed by atoms with van der Waals surface area (Å²) in [5, 5.41) is 12.0. The molecule has 2 N–H and O–H groups in total. The van der Waals surface area contributed by atoms with E-state index in [1.165, 1.54) is 16.7 Å². The van der Waals surface area contributed by atoms with Crippen LogP contribution in [0.3, 0.4) is 0 Å². The summed E-state index contributed by atoms with van der Waals surface area (Å²) in [6.07, 6.45) is 1.63. The number of nitrogens with two attached hydrogens (primary N) is 1. The number of methoxy groups -OCH3 is 1. The van der Waals surface area contributed by atoms with Gasteiger partial charge in [-0.15, -0.1) is 5.10 Å². The van der Waals surface area contributed by atoms with Gasteiger partial charge in [-0.25, -0.2) is 4.68 Å². The van der Waals surface area contributed by atoms with E-state index in [1.807, 2.05) is 6.07 Å². The molecule has 0 radical (unpaired) electrons. The number of hydrogen-bond acceptors (Lipinski definition) is 8. The Morgan fingerprint density at radius 1 is 1.28 bits per heavy atom. The van der Waals surface area contributed by atoms with Crippen molar-refractivity contribution in [2.45, 2.75) is 18.1 Å². The number of rotatable bonds is 10. The first-order valence-corrected chi connectivity index (χ1v) is 9.69. The third kappa shape index (κ3) is 5.57. The van der Waals surface area contributed by atoms with Crippen LogP contribution >= 0.6 is 11.8 Å². The van der Waals surface area contributed by atoms with Gasteiger partial charge in [0, 0.05) is 18.7 Å². The van der Waals surface area contributed by atoms with E-state index in [-0.39, 0.29) is 24.6 Å². The molecule has 29 heavy (non-hydrogen) atoms. The van der Waals surface area contributed by atoms with Gasteiger partial charge >= 0.3 is 0 Å². The molecule has 0 atom stereocenters. The fourth-order valence-corrected chi connectivity index (χ4v) is 3.29. The van der Waals surface area contributed by atoms with Crippen LogP contribution in [0.15, 0.2) is 52.2 Å². The number of benzene rings is 1. The number of furan rings is 1. The second-order valence-electron chi connectivity index (χ2n) is 5.95. The van der Waals surface area contributed by atoms with Crippen LogP contribution < -0.4 is 15.4 Å². The third-order valence-electron chi connectivity index (χ3n) is 3.98. The maximum absolute atomic E-state index is 12.9. The van der Waals surface area contributed by atoms with Crippen LogP contribution in [0.4, 0.5) is 5.69 Å². The average molecular weight is 416 g/mol. The Bertz CT molecular complexity index is 942. The Kier molecular flexibility index (Phi) is 6.85. The van der Waals surface area contributed by atoms with Gasteiger partial charge in [-0.05, 0) is 46.8 Å². The molecule has 0 aliphatic carbocycles. The van der Waals surface area contributed by atoms with E-state index in [0.29, 0.717) is 28.9 Å². The van der Waals surface area contributed by atoms with Crippen molar-refractivity contribution in [2.24, 2.45) is 5.73 Å². The Morgan fingerprint density at radius 3 is 2.72 bits per heavy atom. The molecule has 0 saturated heterocycles. The second kappa shape index (κ2) is 9.73. The number of thioether (sulfide) groups is 1. The van der Waals surface area contributed by atoms with Gasteiger partial charge in [0.15, 0.2) is 0 Å². The van der Waals surface area contributed by atoms with Crippen LogP contribution in [0.25, 0.3) is 0 Å². The van der Waals surface area contributed by atoms with Crippen LogP contribution in [-0.2, 0) is 16.1 Å². The van der Waals surface area contributed by atoms with E-state index in [4.69, 9.17) is 14.9 Å². The van der Waals surface area contributed by atoms with Crippen molar-refractivity contribution >= 4 is 29.3 Å². The highest BCUT2D eigenvalue weighted by Gasteiger charge is 2.19. The first kappa shape index (κ1) is 20.4. The molecule has 0 aliphatic heterocycles. The molecule has 152 valence electrons. The lowest BCUT2D eigenvalue weighted by Gasteiger charge is -2.22. The number of amides is 2. The fraction of sp³-hybridized carbons (Fsp3) is 0.278. The zero-order chi connectivity index (χ0) is 20.6. The van der Waals surface area contributed by atoms with E-state index in [9.17, 15) is 9.59 Å². The zero-order valence-corrected chi connectivity index (χ0v) is 16.5. The molecule has 2 aromatic heterocycles. The molecule has 0 unspecified atom stereocenters. The summed E-state index contributed by atoms with van der Waals surface area (Å²) in [6.45, 7) is 0.540.